The molecule has 2 N–H and O–H groups in total. The van der Waals surface area contributed by atoms with Gasteiger partial charge in [-0.25, -0.2) is 26.9 Å². The summed E-state index contributed by atoms with van der Waals surface area (Å²) >= 11 is 0. The molecule has 0 bridgehead atoms. The molecule has 1 amide bonds. The predicted molar refractivity (Wildman–Crippen MR) is 168 cm³/mol. The van der Waals surface area contributed by atoms with Crippen LogP contribution in [0.2, 0.25) is 0 Å². The molecule has 0 atom stereocenters. The van der Waals surface area contributed by atoms with Crippen LogP contribution in [0.3, 0.4) is 0 Å². The van der Waals surface area contributed by atoms with Crippen molar-refractivity contribution in [2.24, 2.45) is 0 Å². The lowest BCUT2D eigenvalue weighted by atomic mass is 9.95. The van der Waals surface area contributed by atoms with Crippen molar-refractivity contribution in [2.45, 2.75) is 31.6 Å². The number of amides is 1. The van der Waals surface area contributed by atoms with E-state index in [1.807, 2.05) is 0 Å². The summed E-state index contributed by atoms with van der Waals surface area (Å²) in [5.41, 5.74) is 7.42. The Kier molecular flexibility index (Phi) is 8.63. The van der Waals surface area contributed by atoms with Gasteiger partial charge in [-0.05, 0) is 71.3 Å². The Morgan fingerprint density at radius 1 is 0.915 bits per heavy atom. The smallest absolute Gasteiger partial charge is 0.253 e. The van der Waals surface area contributed by atoms with Crippen LogP contribution in [-0.4, -0.2) is 40.6 Å². The molecule has 6 nitrogen and oxygen atoms in total. The Bertz CT molecular complexity index is 1970. The first-order valence-corrected chi connectivity index (χ1v) is 14.9. The first-order valence-electron chi connectivity index (χ1n) is 14.9. The number of fused-ring (bicyclic) bond motifs is 1. The molecule has 1 aliphatic rings. The quantitative estimate of drug-likeness (QED) is 0.136. The van der Waals surface area contributed by atoms with Crippen LogP contribution in [0.5, 0.6) is 0 Å². The normalized spacial score (nSPS) is 14.6. The number of likely N-dealkylation sites (tertiary alicyclic amines) is 1. The first-order chi connectivity index (χ1) is 22.5. The summed E-state index contributed by atoms with van der Waals surface area (Å²) in [7, 11) is 0. The Morgan fingerprint density at radius 2 is 1.62 bits per heavy atom. The maximum Gasteiger partial charge on any atom is 0.253 e. The fourth-order valence-electron chi connectivity index (χ4n) is 5.54. The third-order valence-electron chi connectivity index (χ3n) is 8.08. The van der Waals surface area contributed by atoms with Crippen molar-refractivity contribution in [3.8, 4) is 22.3 Å². The summed E-state index contributed by atoms with van der Waals surface area (Å²) < 4.78 is 77.1. The highest BCUT2D eigenvalue weighted by Gasteiger charge is 2.35. The van der Waals surface area contributed by atoms with Gasteiger partial charge in [-0.1, -0.05) is 12.1 Å². The van der Waals surface area contributed by atoms with E-state index in [4.69, 9.17) is 10.2 Å². The largest absolute Gasteiger partial charge is 0.460 e. The average Bonchev–Trinajstić information content (AvgIpc) is 3.46. The highest BCUT2D eigenvalue weighted by Crippen LogP contribution is 2.39. The van der Waals surface area contributed by atoms with Crippen LogP contribution in [-0.2, 0) is 11.2 Å². The van der Waals surface area contributed by atoms with E-state index in [1.165, 1.54) is 23.2 Å². The number of nitrogens with zero attached hydrogens (tertiary/aromatic N) is 2. The predicted octanol–water partition coefficient (Wildman–Crippen LogP) is 8.25. The monoisotopic (exact) mass is 645 g/mol. The molecule has 11 heteroatoms. The number of alkyl halides is 2. The van der Waals surface area contributed by atoms with E-state index in [-0.39, 0.29) is 48.8 Å². The highest BCUT2D eigenvalue weighted by molar-refractivity contribution is 5.98. The number of halogens is 5. The fourth-order valence-corrected chi connectivity index (χ4v) is 5.54. The first kappa shape index (κ1) is 31.7. The van der Waals surface area contributed by atoms with E-state index in [2.05, 4.69) is 4.98 Å². The third kappa shape index (κ3) is 7.09. The number of anilines is 1. The van der Waals surface area contributed by atoms with Gasteiger partial charge in [0.15, 0.2) is 5.78 Å². The number of benzene rings is 3. The zero-order valence-corrected chi connectivity index (χ0v) is 24.9. The number of carbonyl (C=O) groups excluding carboxylic acids is 2. The summed E-state index contributed by atoms with van der Waals surface area (Å²) in [6.07, 6.45) is 4.06. The Balaban J connectivity index is 1.29. The average molecular weight is 646 g/mol. The number of pyridine rings is 1. The van der Waals surface area contributed by atoms with Crippen LogP contribution in [0.25, 0.3) is 39.3 Å². The van der Waals surface area contributed by atoms with Gasteiger partial charge in [0.05, 0.1) is 5.56 Å². The number of hydrogen-bond acceptors (Lipinski definition) is 5. The maximum absolute atomic E-state index is 15.1. The van der Waals surface area contributed by atoms with E-state index in [0.717, 1.165) is 0 Å². The molecule has 240 valence electrons. The van der Waals surface area contributed by atoms with Gasteiger partial charge in [-0.15, -0.1) is 0 Å². The number of aromatic nitrogens is 1. The van der Waals surface area contributed by atoms with E-state index in [1.54, 1.807) is 54.6 Å². The van der Waals surface area contributed by atoms with Crippen molar-refractivity contribution in [1.82, 2.24) is 9.88 Å². The minimum absolute atomic E-state index is 0.0372. The second-order valence-electron chi connectivity index (χ2n) is 11.4. The number of ketones is 1. The molecule has 0 saturated carbocycles. The molecule has 0 aliphatic carbocycles. The number of aryl methyl sites for hydroxylation is 1. The van der Waals surface area contributed by atoms with Crippen LogP contribution in [0.4, 0.5) is 27.8 Å². The van der Waals surface area contributed by atoms with E-state index < -0.39 is 41.8 Å². The van der Waals surface area contributed by atoms with E-state index >= 15 is 8.78 Å². The molecule has 0 unspecified atom stereocenters. The van der Waals surface area contributed by atoms with Crippen LogP contribution < -0.4 is 5.73 Å². The molecule has 1 aliphatic heterocycles. The van der Waals surface area contributed by atoms with Gasteiger partial charge in [0.25, 0.3) is 11.8 Å². The molecule has 2 aromatic heterocycles. The van der Waals surface area contributed by atoms with Gasteiger partial charge in [-0.2, -0.15) is 0 Å². The molecular formula is C36H28F5N3O3. The Morgan fingerprint density at radius 3 is 2.28 bits per heavy atom. The number of rotatable bonds is 8. The highest BCUT2D eigenvalue weighted by atomic mass is 19.3. The minimum Gasteiger partial charge on any atom is -0.460 e. The molecule has 47 heavy (non-hydrogen) atoms. The maximum atomic E-state index is 15.1. The molecule has 0 radical (unpaired) electrons. The van der Waals surface area contributed by atoms with E-state index in [0.29, 0.717) is 51.4 Å². The van der Waals surface area contributed by atoms with Gasteiger partial charge in [0.1, 0.15) is 34.6 Å². The number of allylic oxidation sites excluding steroid dienone is 1. The number of nitrogen functional groups attached to an aromatic ring is 1. The lowest BCUT2D eigenvalue weighted by molar-refractivity contribution is -0.114. The van der Waals surface area contributed by atoms with Crippen LogP contribution >= 0.6 is 0 Å². The van der Waals surface area contributed by atoms with Gasteiger partial charge < -0.3 is 15.1 Å². The number of hydrogen-bond donors (Lipinski definition) is 1. The molecule has 3 heterocycles. The number of nitrogens with two attached hydrogens (primary N) is 1. The summed E-state index contributed by atoms with van der Waals surface area (Å²) in [4.78, 5) is 30.9. The molecule has 6 rings (SSSR count). The number of piperidine rings is 1. The standard InChI is InChI=1S/C36H28F5N3O3/c37-26-18-30(38)33(31(39)19-26)29-17-24(22-3-5-23(6-4-22)35(46)44-13-11-36(40,41)12-14-44)15-25-16-28(47-34(25)29)9-8-27(45)7-1-21-2-10-32(42)43-20-21/h1-7,10,15-20H,8-9,11-14H2,(H2,42,43)/b7-1+. The second-order valence-corrected chi connectivity index (χ2v) is 11.4. The van der Waals surface area contributed by atoms with Crippen molar-refractivity contribution in [3.05, 3.63) is 113 Å². The molecular weight excluding hydrogens is 617 g/mol. The Labute approximate surface area is 266 Å². The lowest BCUT2D eigenvalue weighted by Gasteiger charge is -2.31. The van der Waals surface area contributed by atoms with Gasteiger partial charge in [0.2, 0.25) is 0 Å². The second kappa shape index (κ2) is 12.8. The van der Waals surface area contributed by atoms with Crippen molar-refractivity contribution >= 4 is 34.6 Å². The zero-order valence-electron chi connectivity index (χ0n) is 24.9. The summed E-state index contributed by atoms with van der Waals surface area (Å²) in [5.74, 6) is -5.90. The summed E-state index contributed by atoms with van der Waals surface area (Å²) in [6, 6.07) is 15.9. The van der Waals surface area contributed by atoms with Crippen molar-refractivity contribution in [1.29, 1.82) is 0 Å². The molecule has 5 aromatic rings. The van der Waals surface area contributed by atoms with Gasteiger partial charge >= 0.3 is 0 Å². The molecule has 1 saturated heterocycles. The van der Waals surface area contributed by atoms with Gasteiger partial charge in [0, 0.05) is 73.6 Å². The molecule has 0 spiro atoms. The minimum atomic E-state index is -2.78. The van der Waals surface area contributed by atoms with Crippen LogP contribution in [0, 0.1) is 17.5 Å². The van der Waals surface area contributed by atoms with Crippen LogP contribution in [0.1, 0.15) is 40.9 Å². The third-order valence-corrected chi connectivity index (χ3v) is 8.08. The lowest BCUT2D eigenvalue weighted by Crippen LogP contribution is -2.42. The van der Waals surface area contributed by atoms with Crippen molar-refractivity contribution in [3.63, 3.8) is 0 Å². The summed E-state index contributed by atoms with van der Waals surface area (Å²) in [5, 5.41) is 0.487. The van der Waals surface area contributed by atoms with E-state index in [9.17, 15) is 22.8 Å². The number of furan rings is 1. The van der Waals surface area contributed by atoms with Crippen molar-refractivity contribution in [2.75, 3.05) is 18.8 Å². The SMILES string of the molecule is Nc1ccc(/C=C/C(=O)CCc2cc3cc(-c4ccc(C(=O)N5CCC(F)(F)CC5)cc4)cc(-c4c(F)cc(F)cc4F)c3o2)cn1. The number of carbonyl (C=O) groups is 2. The Hall–Kier alpha value is -5.32. The molecule has 1 fully saturated rings. The van der Waals surface area contributed by atoms with Crippen LogP contribution in [0.15, 0.2) is 83.4 Å². The topological polar surface area (TPSA) is 89.4 Å². The van der Waals surface area contributed by atoms with Gasteiger partial charge in [-0.3, -0.25) is 9.59 Å². The van der Waals surface area contributed by atoms with Crippen molar-refractivity contribution < 1.29 is 36.0 Å². The fraction of sp³-hybridized carbons (Fsp3) is 0.194. The zero-order chi connectivity index (χ0) is 33.3. The summed E-state index contributed by atoms with van der Waals surface area (Å²) in [6.45, 7) is -0.0969. The molecule has 3 aromatic carbocycles.